The van der Waals surface area contributed by atoms with Crippen LogP contribution in [-0.2, 0) is 0 Å². The Hall–Kier alpha value is -6.20. The van der Waals surface area contributed by atoms with Crippen LogP contribution in [0.25, 0.3) is 98.9 Å². The number of fused-ring (bicyclic) bond motifs is 17. The van der Waals surface area contributed by atoms with E-state index < -0.39 is 0 Å². The maximum absolute atomic E-state index is 6.63. The molecule has 4 nitrogen and oxygen atoms in total. The summed E-state index contributed by atoms with van der Waals surface area (Å²) in [7, 11) is 0. The molecule has 0 fully saturated rings. The minimum atomic E-state index is 0.109. The van der Waals surface area contributed by atoms with Crippen molar-refractivity contribution in [2.45, 2.75) is 0 Å². The molecule has 2 aliphatic heterocycles. The van der Waals surface area contributed by atoms with Gasteiger partial charge in [0.1, 0.15) is 22.3 Å². The van der Waals surface area contributed by atoms with E-state index in [1.807, 2.05) is 12.1 Å². The normalized spacial score (nSPS) is 13.5. The highest BCUT2D eigenvalue weighted by atomic mass is 16.3. The van der Waals surface area contributed by atoms with Crippen molar-refractivity contribution < 1.29 is 8.83 Å². The van der Waals surface area contributed by atoms with Crippen molar-refractivity contribution in [2.24, 2.45) is 0 Å². The van der Waals surface area contributed by atoms with Gasteiger partial charge in [0.25, 0.3) is 6.71 Å². The van der Waals surface area contributed by atoms with Crippen LogP contribution in [-0.4, -0.2) is 15.8 Å². The second kappa shape index (κ2) is 7.60. The predicted octanol–water partition coefficient (Wildman–Crippen LogP) is 8.82. The van der Waals surface area contributed by atoms with Crippen LogP contribution in [0.3, 0.4) is 0 Å². The fraction of sp³-hybridized carbons (Fsp3) is 0. The lowest BCUT2D eigenvalue weighted by atomic mass is 9.34. The Kier molecular flexibility index (Phi) is 3.75. The highest BCUT2D eigenvalue weighted by Gasteiger charge is 2.40. The van der Waals surface area contributed by atoms with Gasteiger partial charge in [-0.3, -0.25) is 0 Å². The Bertz CT molecular complexity index is 3230. The molecule has 0 saturated heterocycles. The summed E-state index contributed by atoms with van der Waals surface area (Å²) < 4.78 is 18.0. The van der Waals surface area contributed by atoms with Gasteiger partial charge in [-0.15, -0.1) is 0 Å². The minimum Gasteiger partial charge on any atom is -0.456 e. The summed E-state index contributed by atoms with van der Waals surface area (Å²) in [6, 6.07) is 46.4. The fourth-order valence-corrected chi connectivity index (χ4v) is 9.34. The van der Waals surface area contributed by atoms with Gasteiger partial charge >= 0.3 is 0 Å². The number of hydrogen-bond acceptors (Lipinski definition) is 2. The zero-order valence-electron chi connectivity index (χ0n) is 24.9. The maximum atomic E-state index is 6.63. The number of hydrogen-bond donors (Lipinski definition) is 0. The Labute approximate surface area is 266 Å². The Morgan fingerprint density at radius 3 is 1.87 bits per heavy atom. The van der Waals surface area contributed by atoms with Crippen LogP contribution in [0.2, 0.25) is 0 Å². The molecule has 0 amide bonds. The molecule has 0 radical (unpaired) electrons. The summed E-state index contributed by atoms with van der Waals surface area (Å²) in [5, 5.41) is 9.60. The van der Waals surface area contributed by atoms with E-state index in [-0.39, 0.29) is 6.71 Å². The zero-order chi connectivity index (χ0) is 30.1. The predicted molar refractivity (Wildman–Crippen MR) is 194 cm³/mol. The third-order valence-electron chi connectivity index (χ3n) is 11.1. The van der Waals surface area contributed by atoms with Gasteiger partial charge in [-0.2, -0.15) is 0 Å². The highest BCUT2D eigenvalue weighted by Crippen LogP contribution is 2.43. The summed E-state index contributed by atoms with van der Waals surface area (Å²) in [6.07, 6.45) is 0. The molecule has 11 aromatic rings. The van der Waals surface area contributed by atoms with Gasteiger partial charge in [0.05, 0.1) is 16.4 Å². The molecule has 0 aliphatic carbocycles. The van der Waals surface area contributed by atoms with Gasteiger partial charge in [-0.1, -0.05) is 78.9 Å². The first-order valence-electron chi connectivity index (χ1n) is 16.2. The van der Waals surface area contributed by atoms with Gasteiger partial charge < -0.3 is 18.0 Å². The van der Waals surface area contributed by atoms with Gasteiger partial charge in [-0.05, 0) is 58.9 Å². The van der Waals surface area contributed by atoms with E-state index in [1.54, 1.807) is 0 Å². The average Bonchev–Trinajstić information content (AvgIpc) is 3.86. The van der Waals surface area contributed by atoms with E-state index in [2.05, 4.69) is 124 Å². The summed E-state index contributed by atoms with van der Waals surface area (Å²) >= 11 is 0. The van der Waals surface area contributed by atoms with E-state index in [0.29, 0.717) is 0 Å². The molecule has 7 aromatic carbocycles. The number of aromatic nitrogens is 2. The molecule has 5 heteroatoms. The lowest BCUT2D eigenvalue weighted by molar-refractivity contribution is 0.669. The molecule has 13 rings (SSSR count). The van der Waals surface area contributed by atoms with E-state index in [9.17, 15) is 0 Å². The molecular formula is C42H21BN2O2. The molecule has 6 heterocycles. The average molecular weight is 596 g/mol. The van der Waals surface area contributed by atoms with Crippen LogP contribution >= 0.6 is 0 Å². The molecule has 47 heavy (non-hydrogen) atoms. The summed E-state index contributed by atoms with van der Waals surface area (Å²) in [5.41, 5.74) is 15.1. The van der Waals surface area contributed by atoms with Crippen molar-refractivity contribution in [3.8, 4) is 11.4 Å². The first-order valence-corrected chi connectivity index (χ1v) is 16.2. The Balaban J connectivity index is 1.21. The largest absolute Gasteiger partial charge is 0.456 e. The van der Waals surface area contributed by atoms with Crippen LogP contribution in [0.4, 0.5) is 0 Å². The number of benzene rings is 7. The molecule has 0 unspecified atom stereocenters. The molecular weight excluding hydrogens is 575 g/mol. The van der Waals surface area contributed by atoms with Crippen molar-refractivity contribution in [3.63, 3.8) is 0 Å². The number of para-hydroxylation sites is 4. The van der Waals surface area contributed by atoms with Crippen molar-refractivity contribution in [1.82, 2.24) is 9.13 Å². The summed E-state index contributed by atoms with van der Waals surface area (Å²) in [5.74, 6) is 0. The van der Waals surface area contributed by atoms with Gasteiger partial charge in [0.2, 0.25) is 0 Å². The molecule has 0 spiro atoms. The van der Waals surface area contributed by atoms with Crippen LogP contribution in [0.1, 0.15) is 0 Å². The number of furan rings is 2. The maximum Gasteiger partial charge on any atom is 0.252 e. The molecule has 4 aromatic heterocycles. The molecule has 0 bridgehead atoms. The lowest BCUT2D eigenvalue weighted by Gasteiger charge is -2.33. The van der Waals surface area contributed by atoms with Crippen molar-refractivity contribution in [1.29, 1.82) is 0 Å². The third kappa shape index (κ3) is 2.50. The molecule has 0 saturated carbocycles. The van der Waals surface area contributed by atoms with Crippen LogP contribution in [0, 0.1) is 0 Å². The highest BCUT2D eigenvalue weighted by molar-refractivity contribution is 7.00. The standard InChI is InChI=1S/C42H21BN2O2/c1-4-17-36-22(8-1)25-18-19-31-38(42(25)47-36)26-11-6-13-30-41(26)44(31)32-14-7-15-33-39(32)43(30)29-12-5-10-24-27-20-28-23-9-2-3-16-35(23)46-37(28)21-34(27)45(33)40(24)29/h1-21H. The summed E-state index contributed by atoms with van der Waals surface area (Å²) in [4.78, 5) is 0. The molecule has 0 atom stereocenters. The Morgan fingerprint density at radius 1 is 0.426 bits per heavy atom. The van der Waals surface area contributed by atoms with Crippen LogP contribution < -0.4 is 16.4 Å². The summed E-state index contributed by atoms with van der Waals surface area (Å²) in [6.45, 7) is 0.109. The monoisotopic (exact) mass is 596 g/mol. The van der Waals surface area contributed by atoms with Crippen molar-refractivity contribution >= 4 is 111 Å². The number of nitrogens with zero attached hydrogens (tertiary/aromatic N) is 2. The van der Waals surface area contributed by atoms with Crippen LogP contribution in [0.5, 0.6) is 0 Å². The van der Waals surface area contributed by atoms with E-state index in [1.165, 1.54) is 71.4 Å². The van der Waals surface area contributed by atoms with E-state index in [0.717, 1.165) is 43.9 Å². The second-order valence-electron chi connectivity index (χ2n) is 13.2. The first kappa shape index (κ1) is 23.2. The van der Waals surface area contributed by atoms with Gasteiger partial charge in [0, 0.05) is 66.2 Å². The molecule has 0 N–H and O–H groups in total. The van der Waals surface area contributed by atoms with Crippen molar-refractivity contribution in [2.75, 3.05) is 0 Å². The lowest BCUT2D eigenvalue weighted by Crippen LogP contribution is -2.59. The smallest absolute Gasteiger partial charge is 0.252 e. The van der Waals surface area contributed by atoms with Gasteiger partial charge in [-0.25, -0.2) is 0 Å². The van der Waals surface area contributed by atoms with Crippen LogP contribution in [0.15, 0.2) is 136 Å². The minimum absolute atomic E-state index is 0.109. The zero-order valence-corrected chi connectivity index (χ0v) is 24.9. The van der Waals surface area contributed by atoms with Gasteiger partial charge in [0.15, 0.2) is 0 Å². The Morgan fingerprint density at radius 2 is 1.06 bits per heavy atom. The van der Waals surface area contributed by atoms with E-state index in [4.69, 9.17) is 8.83 Å². The quantitative estimate of drug-likeness (QED) is 0.164. The SMILES string of the molecule is c1cc2c3c(c1)-n1c4ccc5c6ccccc6oc5c4c4cccc(c41)B3c1cccc3c4cc5c(cc4n-2c13)oc1ccccc15. The number of rotatable bonds is 0. The van der Waals surface area contributed by atoms with E-state index >= 15 is 0 Å². The first-order chi connectivity index (χ1) is 23.3. The fourth-order valence-electron chi connectivity index (χ4n) is 9.34. The topological polar surface area (TPSA) is 36.1 Å². The molecule has 214 valence electrons. The third-order valence-corrected chi connectivity index (χ3v) is 11.1. The van der Waals surface area contributed by atoms with Crippen molar-refractivity contribution in [3.05, 3.63) is 127 Å². The second-order valence-corrected chi connectivity index (χ2v) is 13.2. The molecule has 2 aliphatic rings.